The number of carbonyl (C=O) groups is 1. The molecule has 1 aliphatic heterocycles. The molecule has 3 N–H and O–H groups in total. The lowest BCUT2D eigenvalue weighted by Crippen LogP contribution is -2.45. The minimum atomic E-state index is 0. The van der Waals surface area contributed by atoms with Gasteiger partial charge in [-0.2, -0.15) is 0 Å². The molecule has 0 unspecified atom stereocenters. The summed E-state index contributed by atoms with van der Waals surface area (Å²) < 4.78 is 5.08. The monoisotopic (exact) mass is 341 g/mol. The fourth-order valence-corrected chi connectivity index (χ4v) is 2.79. The van der Waals surface area contributed by atoms with Crippen LogP contribution in [0.25, 0.3) is 0 Å². The van der Waals surface area contributed by atoms with E-state index in [1.54, 1.807) is 7.11 Å². The predicted molar refractivity (Wildman–Crippen MR) is 95.0 cm³/mol. The maximum absolute atomic E-state index is 12.2. The summed E-state index contributed by atoms with van der Waals surface area (Å²) >= 11 is 0. The number of nitrogens with one attached hydrogen (secondary N) is 1. The third-order valence-electron chi connectivity index (χ3n) is 4.20. The number of nitrogens with two attached hydrogens (primary N) is 1. The minimum Gasteiger partial charge on any atom is -0.385 e. The largest absolute Gasteiger partial charge is 0.385 e. The lowest BCUT2D eigenvalue weighted by atomic mass is 10.0. The molecule has 0 aromatic heterocycles. The fourth-order valence-electron chi connectivity index (χ4n) is 2.79. The molecule has 1 saturated heterocycles. The normalized spacial score (nSPS) is 15.9. The fraction of sp³-hybridized carbons (Fsp3) is 0.588. The van der Waals surface area contributed by atoms with E-state index in [1.807, 2.05) is 24.3 Å². The van der Waals surface area contributed by atoms with E-state index in [-0.39, 0.29) is 24.4 Å². The number of hydrogen-bond acceptors (Lipinski definition) is 4. The van der Waals surface area contributed by atoms with Gasteiger partial charge in [0.25, 0.3) is 5.91 Å². The first-order chi connectivity index (χ1) is 10.7. The lowest BCUT2D eigenvalue weighted by molar-refractivity contribution is 0.0907. The molecule has 0 aliphatic carbocycles. The molecule has 0 bridgehead atoms. The Morgan fingerprint density at radius 2 is 1.96 bits per heavy atom. The SMILES string of the molecule is COCCCN1CCC(NC(=O)c2ccc(CN)cc2)CC1.Cl. The number of hydrogen-bond donors (Lipinski definition) is 2. The zero-order valence-corrected chi connectivity index (χ0v) is 14.6. The van der Waals surface area contributed by atoms with Crippen molar-refractivity contribution in [1.29, 1.82) is 0 Å². The van der Waals surface area contributed by atoms with Crippen LogP contribution in [-0.4, -0.2) is 50.2 Å². The van der Waals surface area contributed by atoms with Crippen molar-refractivity contribution in [3.8, 4) is 0 Å². The lowest BCUT2D eigenvalue weighted by Gasteiger charge is -2.32. The maximum atomic E-state index is 12.2. The Bertz CT molecular complexity index is 459. The molecule has 5 nitrogen and oxygen atoms in total. The van der Waals surface area contributed by atoms with Gasteiger partial charge >= 0.3 is 0 Å². The summed E-state index contributed by atoms with van der Waals surface area (Å²) in [6.07, 6.45) is 3.10. The Labute approximate surface area is 145 Å². The summed E-state index contributed by atoms with van der Waals surface area (Å²) in [6, 6.07) is 7.79. The number of amides is 1. The molecule has 2 rings (SSSR count). The number of carbonyl (C=O) groups excluding carboxylic acids is 1. The average molecular weight is 342 g/mol. The van der Waals surface area contributed by atoms with Gasteiger partial charge in [0.1, 0.15) is 0 Å². The van der Waals surface area contributed by atoms with E-state index in [2.05, 4.69) is 10.2 Å². The van der Waals surface area contributed by atoms with Gasteiger partial charge in [-0.3, -0.25) is 4.79 Å². The average Bonchev–Trinajstić information content (AvgIpc) is 2.57. The van der Waals surface area contributed by atoms with Gasteiger partial charge in [0.2, 0.25) is 0 Å². The van der Waals surface area contributed by atoms with Gasteiger partial charge in [-0.25, -0.2) is 0 Å². The molecule has 0 atom stereocenters. The molecular formula is C17H28ClN3O2. The van der Waals surface area contributed by atoms with Crippen LogP contribution in [0.4, 0.5) is 0 Å². The van der Waals surface area contributed by atoms with Crippen molar-refractivity contribution in [3.05, 3.63) is 35.4 Å². The van der Waals surface area contributed by atoms with Crippen LogP contribution in [0.3, 0.4) is 0 Å². The number of benzene rings is 1. The van der Waals surface area contributed by atoms with Crippen LogP contribution in [0.5, 0.6) is 0 Å². The zero-order chi connectivity index (χ0) is 15.8. The number of methoxy groups -OCH3 is 1. The van der Waals surface area contributed by atoms with Crippen LogP contribution in [0.1, 0.15) is 35.2 Å². The first-order valence-electron chi connectivity index (χ1n) is 8.04. The van der Waals surface area contributed by atoms with Gasteiger partial charge in [-0.15, -0.1) is 12.4 Å². The summed E-state index contributed by atoms with van der Waals surface area (Å²) in [5.74, 6) is 0.0152. The van der Waals surface area contributed by atoms with Crippen molar-refractivity contribution in [2.45, 2.75) is 31.8 Å². The van der Waals surface area contributed by atoms with E-state index in [4.69, 9.17) is 10.5 Å². The van der Waals surface area contributed by atoms with Crippen molar-refractivity contribution in [1.82, 2.24) is 10.2 Å². The number of ether oxygens (including phenoxy) is 1. The third kappa shape index (κ3) is 6.47. The Balaban J connectivity index is 0.00000264. The summed E-state index contributed by atoms with van der Waals surface area (Å²) in [5, 5.41) is 3.14. The molecule has 0 radical (unpaired) electrons. The summed E-state index contributed by atoms with van der Waals surface area (Å²) in [6.45, 7) is 4.48. The second-order valence-corrected chi connectivity index (χ2v) is 5.84. The van der Waals surface area contributed by atoms with Crippen LogP contribution < -0.4 is 11.1 Å². The molecule has 1 fully saturated rings. The van der Waals surface area contributed by atoms with Gasteiger partial charge in [-0.05, 0) is 37.0 Å². The van der Waals surface area contributed by atoms with Gasteiger partial charge in [-0.1, -0.05) is 12.1 Å². The molecule has 0 saturated carbocycles. The first kappa shape index (κ1) is 19.9. The molecule has 1 aromatic carbocycles. The number of halogens is 1. The molecule has 23 heavy (non-hydrogen) atoms. The highest BCUT2D eigenvalue weighted by molar-refractivity contribution is 5.94. The molecular weight excluding hydrogens is 314 g/mol. The summed E-state index contributed by atoms with van der Waals surface area (Å²) in [5.41, 5.74) is 7.32. The van der Waals surface area contributed by atoms with E-state index in [9.17, 15) is 4.79 Å². The number of rotatable bonds is 7. The van der Waals surface area contributed by atoms with E-state index in [0.29, 0.717) is 12.1 Å². The number of likely N-dealkylation sites (tertiary alicyclic amines) is 1. The maximum Gasteiger partial charge on any atom is 0.251 e. The third-order valence-corrected chi connectivity index (χ3v) is 4.20. The van der Waals surface area contributed by atoms with Crippen LogP contribution in [0.15, 0.2) is 24.3 Å². The molecule has 6 heteroatoms. The Hall–Kier alpha value is -1.14. The predicted octanol–water partition coefficient (Wildman–Crippen LogP) is 1.80. The van der Waals surface area contributed by atoms with Crippen molar-refractivity contribution in [2.24, 2.45) is 5.73 Å². The van der Waals surface area contributed by atoms with E-state index < -0.39 is 0 Å². The van der Waals surface area contributed by atoms with Crippen LogP contribution in [0, 0.1) is 0 Å². The second kappa shape index (κ2) is 10.6. The highest BCUT2D eigenvalue weighted by Crippen LogP contribution is 2.12. The van der Waals surface area contributed by atoms with E-state index in [1.165, 1.54) is 0 Å². The molecule has 130 valence electrons. The highest BCUT2D eigenvalue weighted by Gasteiger charge is 2.20. The van der Waals surface area contributed by atoms with Gasteiger partial charge < -0.3 is 20.7 Å². The van der Waals surface area contributed by atoms with Crippen molar-refractivity contribution in [3.63, 3.8) is 0 Å². The van der Waals surface area contributed by atoms with E-state index in [0.717, 1.165) is 51.1 Å². The van der Waals surface area contributed by atoms with Crippen LogP contribution in [0.2, 0.25) is 0 Å². The van der Waals surface area contributed by atoms with Crippen LogP contribution in [-0.2, 0) is 11.3 Å². The van der Waals surface area contributed by atoms with Crippen molar-refractivity contribution < 1.29 is 9.53 Å². The van der Waals surface area contributed by atoms with Gasteiger partial charge in [0.05, 0.1) is 0 Å². The molecule has 1 heterocycles. The molecule has 1 aliphatic rings. The second-order valence-electron chi connectivity index (χ2n) is 5.84. The topological polar surface area (TPSA) is 67.6 Å². The quantitative estimate of drug-likeness (QED) is 0.742. The van der Waals surface area contributed by atoms with Crippen molar-refractivity contribution in [2.75, 3.05) is 33.4 Å². The van der Waals surface area contributed by atoms with E-state index >= 15 is 0 Å². The van der Waals surface area contributed by atoms with Gasteiger partial charge in [0, 0.05) is 51.5 Å². The zero-order valence-electron chi connectivity index (χ0n) is 13.8. The van der Waals surface area contributed by atoms with Crippen LogP contribution >= 0.6 is 12.4 Å². The first-order valence-corrected chi connectivity index (χ1v) is 8.04. The Morgan fingerprint density at radius 1 is 1.30 bits per heavy atom. The smallest absolute Gasteiger partial charge is 0.251 e. The standard InChI is InChI=1S/C17H27N3O2.ClH/c1-22-12-2-9-20-10-7-16(8-11-20)19-17(21)15-5-3-14(13-18)4-6-15;/h3-6,16H,2,7-13,18H2,1H3,(H,19,21);1H. The summed E-state index contributed by atoms with van der Waals surface area (Å²) in [4.78, 5) is 14.7. The summed E-state index contributed by atoms with van der Waals surface area (Å²) in [7, 11) is 1.74. The Kier molecular flexibility index (Phi) is 9.17. The molecule has 1 amide bonds. The minimum absolute atomic E-state index is 0. The Morgan fingerprint density at radius 3 is 2.52 bits per heavy atom. The number of nitrogens with zero attached hydrogens (tertiary/aromatic N) is 1. The molecule has 0 spiro atoms. The van der Waals surface area contributed by atoms with Gasteiger partial charge in [0.15, 0.2) is 0 Å². The highest BCUT2D eigenvalue weighted by atomic mass is 35.5. The molecule has 1 aromatic rings. The van der Waals surface area contributed by atoms with Crippen molar-refractivity contribution >= 4 is 18.3 Å². The number of piperidine rings is 1.